The molecule has 3 N–H and O–H groups in total. The highest BCUT2D eigenvalue weighted by Gasteiger charge is 2.27. The normalized spacial score (nSPS) is 14.8. The van der Waals surface area contributed by atoms with Gasteiger partial charge in [-0.2, -0.15) is 4.72 Å². The van der Waals surface area contributed by atoms with Gasteiger partial charge in [0.05, 0.1) is 11.9 Å². The molecule has 1 rings (SSSR count). The number of hydrogen-bond acceptors (Lipinski definition) is 4. The Bertz CT molecular complexity index is 512. The van der Waals surface area contributed by atoms with E-state index in [0.29, 0.717) is 0 Å². The van der Waals surface area contributed by atoms with E-state index in [4.69, 9.17) is 5.11 Å². The highest BCUT2D eigenvalue weighted by molar-refractivity contribution is 7.89. The third-order valence-corrected chi connectivity index (χ3v) is 3.91. The van der Waals surface area contributed by atoms with E-state index in [1.807, 2.05) is 10.8 Å². The zero-order chi connectivity index (χ0) is 14.5. The number of aryl methyl sites for hydroxylation is 1. The molecule has 1 aromatic carbocycles. The molecule has 0 aromatic heterocycles. The van der Waals surface area contributed by atoms with Crippen LogP contribution in [0.15, 0.2) is 30.3 Å². The van der Waals surface area contributed by atoms with E-state index < -0.39 is 28.1 Å². The van der Waals surface area contributed by atoms with Gasteiger partial charge in [-0.25, -0.2) is 8.42 Å². The first-order valence-corrected chi connectivity index (χ1v) is 7.42. The lowest BCUT2D eigenvalue weighted by Crippen LogP contribution is -2.48. The molecule has 0 amide bonds. The van der Waals surface area contributed by atoms with E-state index in [-0.39, 0.29) is 12.2 Å². The van der Waals surface area contributed by atoms with Gasteiger partial charge in [-0.3, -0.25) is 4.79 Å². The number of aliphatic carboxylic acids is 1. The minimum atomic E-state index is -3.76. The molecule has 19 heavy (non-hydrogen) atoms. The van der Waals surface area contributed by atoms with Crippen molar-refractivity contribution in [2.24, 2.45) is 0 Å². The van der Waals surface area contributed by atoms with Gasteiger partial charge in [-0.15, -0.1) is 0 Å². The fraction of sp³-hybridized carbons (Fsp3) is 0.417. The van der Waals surface area contributed by atoms with Gasteiger partial charge >= 0.3 is 5.97 Å². The maximum absolute atomic E-state index is 11.7. The maximum Gasteiger partial charge on any atom is 0.324 e. The Morgan fingerprint density at radius 3 is 2.37 bits per heavy atom. The van der Waals surface area contributed by atoms with Crippen molar-refractivity contribution < 1.29 is 23.4 Å². The van der Waals surface area contributed by atoms with Crippen molar-refractivity contribution in [3.63, 3.8) is 0 Å². The van der Waals surface area contributed by atoms with Gasteiger partial charge in [-0.1, -0.05) is 30.3 Å². The number of sulfonamides is 1. The predicted molar refractivity (Wildman–Crippen MR) is 70.2 cm³/mol. The molecular weight excluding hydrogens is 270 g/mol. The number of hydrogen-bond donors (Lipinski definition) is 3. The zero-order valence-corrected chi connectivity index (χ0v) is 11.3. The van der Waals surface area contributed by atoms with Crippen molar-refractivity contribution in [3.8, 4) is 0 Å². The van der Waals surface area contributed by atoms with E-state index in [2.05, 4.69) is 0 Å². The first-order valence-electron chi connectivity index (χ1n) is 5.76. The molecule has 0 aliphatic heterocycles. The standard InChI is InChI=1S/C12H17NO5S/c1-9(14)11(12(15)16)13-19(17,18)8-7-10-5-3-2-4-6-10/h2-6,9,11,13-14H,7-8H2,1H3,(H,15,16)/t9-,11-/m1/s1. The van der Waals surface area contributed by atoms with Crippen LogP contribution >= 0.6 is 0 Å². The Morgan fingerprint density at radius 2 is 1.89 bits per heavy atom. The molecule has 7 heteroatoms. The third kappa shape index (κ3) is 5.37. The lowest BCUT2D eigenvalue weighted by Gasteiger charge is -2.17. The van der Waals surface area contributed by atoms with E-state index in [9.17, 15) is 18.3 Å². The van der Waals surface area contributed by atoms with Gasteiger partial charge in [0.15, 0.2) is 0 Å². The van der Waals surface area contributed by atoms with E-state index in [0.717, 1.165) is 5.56 Å². The first kappa shape index (κ1) is 15.6. The second kappa shape index (κ2) is 6.65. The number of rotatable bonds is 7. The van der Waals surface area contributed by atoms with Crippen LogP contribution in [0.2, 0.25) is 0 Å². The molecule has 0 radical (unpaired) electrons. The Kier molecular flexibility index (Phi) is 5.46. The summed E-state index contributed by atoms with van der Waals surface area (Å²) in [4.78, 5) is 10.8. The molecule has 0 heterocycles. The number of carboxylic acid groups (broad SMARTS) is 1. The molecule has 0 bridgehead atoms. The summed E-state index contributed by atoms with van der Waals surface area (Å²) in [7, 11) is -3.76. The van der Waals surface area contributed by atoms with Crippen LogP contribution in [0.3, 0.4) is 0 Å². The molecule has 106 valence electrons. The zero-order valence-electron chi connectivity index (χ0n) is 10.5. The largest absolute Gasteiger partial charge is 0.480 e. The second-order valence-corrected chi connectivity index (χ2v) is 6.10. The molecule has 0 unspecified atom stereocenters. The van der Waals surface area contributed by atoms with Crippen molar-refractivity contribution in [2.75, 3.05) is 5.75 Å². The van der Waals surface area contributed by atoms with Crippen LogP contribution in [0.1, 0.15) is 12.5 Å². The molecule has 0 saturated heterocycles. The van der Waals surface area contributed by atoms with Gasteiger partial charge in [0.2, 0.25) is 10.0 Å². The Balaban J connectivity index is 2.64. The van der Waals surface area contributed by atoms with E-state index in [1.54, 1.807) is 24.3 Å². The minimum Gasteiger partial charge on any atom is -0.480 e. The minimum absolute atomic E-state index is 0.229. The van der Waals surface area contributed by atoms with Crippen LogP contribution in [0.4, 0.5) is 0 Å². The van der Waals surface area contributed by atoms with Gasteiger partial charge < -0.3 is 10.2 Å². The first-order chi connectivity index (χ1) is 8.82. The van der Waals surface area contributed by atoms with Crippen molar-refractivity contribution in [2.45, 2.75) is 25.5 Å². The second-order valence-electron chi connectivity index (χ2n) is 4.23. The molecule has 1 aromatic rings. The van der Waals surface area contributed by atoms with Crippen molar-refractivity contribution in [1.82, 2.24) is 4.72 Å². The predicted octanol–water partition coefficient (Wildman–Crippen LogP) is -0.0175. The summed E-state index contributed by atoms with van der Waals surface area (Å²) in [5.74, 6) is -1.63. The molecule has 0 aliphatic carbocycles. The van der Waals surface area contributed by atoms with Crippen LogP contribution in [-0.4, -0.2) is 42.5 Å². The molecular formula is C12H17NO5S. The van der Waals surface area contributed by atoms with Crippen molar-refractivity contribution >= 4 is 16.0 Å². The average molecular weight is 287 g/mol. The summed E-state index contributed by atoms with van der Waals surface area (Å²) in [6.45, 7) is 1.22. The number of aliphatic hydroxyl groups excluding tert-OH is 1. The topological polar surface area (TPSA) is 104 Å². The summed E-state index contributed by atoms with van der Waals surface area (Å²) in [6.07, 6.45) is -1.02. The smallest absolute Gasteiger partial charge is 0.324 e. The maximum atomic E-state index is 11.7. The molecule has 2 atom stereocenters. The van der Waals surface area contributed by atoms with Crippen LogP contribution in [0, 0.1) is 0 Å². The van der Waals surface area contributed by atoms with Crippen LogP contribution < -0.4 is 4.72 Å². The average Bonchev–Trinajstić information content (AvgIpc) is 2.34. The van der Waals surface area contributed by atoms with Gasteiger partial charge in [0, 0.05) is 0 Å². The molecule has 0 spiro atoms. The molecule has 0 aliphatic rings. The summed E-state index contributed by atoms with van der Waals surface area (Å²) in [5, 5.41) is 18.0. The van der Waals surface area contributed by atoms with Crippen LogP contribution in [0.5, 0.6) is 0 Å². The highest BCUT2D eigenvalue weighted by Crippen LogP contribution is 2.03. The number of carbonyl (C=O) groups is 1. The number of benzene rings is 1. The lowest BCUT2D eigenvalue weighted by atomic mass is 10.2. The van der Waals surface area contributed by atoms with E-state index in [1.165, 1.54) is 6.92 Å². The highest BCUT2D eigenvalue weighted by atomic mass is 32.2. The molecule has 0 fully saturated rings. The lowest BCUT2D eigenvalue weighted by molar-refractivity contribution is -0.141. The monoisotopic (exact) mass is 287 g/mol. The summed E-state index contributed by atoms with van der Waals surface area (Å²) >= 11 is 0. The third-order valence-electron chi connectivity index (χ3n) is 2.56. The number of nitrogens with one attached hydrogen (secondary N) is 1. The van der Waals surface area contributed by atoms with Crippen molar-refractivity contribution in [1.29, 1.82) is 0 Å². The van der Waals surface area contributed by atoms with Gasteiger partial charge in [0.25, 0.3) is 0 Å². The fourth-order valence-corrected chi connectivity index (χ4v) is 2.81. The number of carboxylic acids is 1. The van der Waals surface area contributed by atoms with E-state index >= 15 is 0 Å². The summed E-state index contributed by atoms with van der Waals surface area (Å²) in [6, 6.07) is 7.47. The summed E-state index contributed by atoms with van der Waals surface area (Å²) < 4.78 is 25.5. The Labute approximate surface area is 112 Å². The van der Waals surface area contributed by atoms with Gasteiger partial charge in [-0.05, 0) is 18.9 Å². The van der Waals surface area contributed by atoms with Crippen LogP contribution in [0.25, 0.3) is 0 Å². The van der Waals surface area contributed by atoms with Gasteiger partial charge in [0.1, 0.15) is 6.04 Å². The van der Waals surface area contributed by atoms with Crippen molar-refractivity contribution in [3.05, 3.63) is 35.9 Å². The SMILES string of the molecule is C[C@@H](O)[C@@H](NS(=O)(=O)CCc1ccccc1)C(=O)O. The molecule has 0 saturated carbocycles. The quantitative estimate of drug-likeness (QED) is 0.654. The summed E-state index contributed by atoms with van der Waals surface area (Å²) in [5.41, 5.74) is 0.844. The fourth-order valence-electron chi connectivity index (χ4n) is 1.50. The Hall–Kier alpha value is -1.44. The van der Waals surface area contributed by atoms with Crippen LogP contribution in [-0.2, 0) is 21.2 Å². The molecule has 6 nitrogen and oxygen atoms in total. The Morgan fingerprint density at radius 1 is 1.32 bits per heavy atom. The number of aliphatic hydroxyl groups is 1.